The van der Waals surface area contributed by atoms with Gasteiger partial charge in [-0.05, 0) is 6.42 Å². The van der Waals surface area contributed by atoms with Gasteiger partial charge in [0, 0.05) is 6.42 Å². The highest BCUT2D eigenvalue weighted by Gasteiger charge is 2.18. The minimum absolute atomic E-state index is 0.347. The maximum Gasteiger partial charge on any atom is 0.306 e. The molecule has 0 saturated carbocycles. The van der Waals surface area contributed by atoms with Gasteiger partial charge in [0.15, 0.2) is 5.82 Å². The topological polar surface area (TPSA) is 91.8 Å². The van der Waals surface area contributed by atoms with Crippen molar-refractivity contribution in [2.75, 3.05) is 0 Å². The molecule has 1 unspecified atom stereocenters. The summed E-state index contributed by atoms with van der Waals surface area (Å²) in [6.07, 6.45) is 1.83. The van der Waals surface area contributed by atoms with Crippen molar-refractivity contribution in [2.24, 2.45) is 5.92 Å². The fourth-order valence-electron chi connectivity index (χ4n) is 1.15. The molecule has 72 valence electrons. The van der Waals surface area contributed by atoms with Gasteiger partial charge in [-0.3, -0.25) is 4.79 Å². The Morgan fingerprint density at radius 1 is 1.69 bits per heavy atom. The fraction of sp³-hybridized carbons (Fsp3) is 0.714. The van der Waals surface area contributed by atoms with E-state index in [0.717, 1.165) is 6.42 Å². The quantitative estimate of drug-likeness (QED) is 0.684. The summed E-state index contributed by atoms with van der Waals surface area (Å²) in [4.78, 5) is 10.7. The molecule has 1 rings (SSSR count). The lowest BCUT2D eigenvalue weighted by molar-refractivity contribution is -0.142. The minimum Gasteiger partial charge on any atom is -0.481 e. The van der Waals surface area contributed by atoms with Gasteiger partial charge >= 0.3 is 5.97 Å². The number of aliphatic carboxylic acids is 1. The molecule has 0 saturated heterocycles. The summed E-state index contributed by atoms with van der Waals surface area (Å²) in [5, 5.41) is 21.9. The number of rotatable bonds is 5. The second-order valence-electron chi connectivity index (χ2n) is 2.86. The molecule has 0 radical (unpaired) electrons. The third-order valence-electron chi connectivity index (χ3n) is 1.80. The zero-order valence-corrected chi connectivity index (χ0v) is 7.40. The van der Waals surface area contributed by atoms with E-state index in [9.17, 15) is 4.79 Å². The van der Waals surface area contributed by atoms with Crippen molar-refractivity contribution in [1.82, 2.24) is 20.6 Å². The number of carbonyl (C=O) groups is 1. The molecular formula is C7H12N4O2. The van der Waals surface area contributed by atoms with Crippen LogP contribution in [-0.2, 0) is 11.2 Å². The maximum absolute atomic E-state index is 10.7. The first-order valence-corrected chi connectivity index (χ1v) is 4.19. The van der Waals surface area contributed by atoms with Crippen LogP contribution in [0.4, 0.5) is 0 Å². The standard InChI is InChI=1S/C7H12N4O2/c1-2-3-5(7(12)13)4-6-8-10-11-9-6/h5H,2-4H2,1H3,(H,12,13)(H,8,9,10,11). The molecule has 1 atom stereocenters. The second kappa shape index (κ2) is 4.54. The number of hydrogen-bond donors (Lipinski definition) is 2. The molecule has 0 bridgehead atoms. The zero-order valence-electron chi connectivity index (χ0n) is 7.40. The molecule has 0 aromatic carbocycles. The predicted molar refractivity (Wildman–Crippen MR) is 43.9 cm³/mol. The molecular weight excluding hydrogens is 172 g/mol. The Balaban J connectivity index is 2.52. The van der Waals surface area contributed by atoms with Crippen LogP contribution < -0.4 is 0 Å². The fourth-order valence-corrected chi connectivity index (χ4v) is 1.15. The molecule has 6 heteroatoms. The first-order valence-electron chi connectivity index (χ1n) is 4.19. The third kappa shape index (κ3) is 2.81. The van der Waals surface area contributed by atoms with E-state index in [2.05, 4.69) is 20.6 Å². The van der Waals surface area contributed by atoms with E-state index in [1.54, 1.807) is 0 Å². The Bertz CT molecular complexity index is 259. The molecule has 1 aromatic heterocycles. The zero-order chi connectivity index (χ0) is 9.68. The van der Waals surface area contributed by atoms with Crippen molar-refractivity contribution in [3.8, 4) is 0 Å². The van der Waals surface area contributed by atoms with Crippen molar-refractivity contribution < 1.29 is 9.90 Å². The highest BCUT2D eigenvalue weighted by molar-refractivity contribution is 5.70. The number of nitrogens with zero attached hydrogens (tertiary/aromatic N) is 3. The number of nitrogens with one attached hydrogen (secondary N) is 1. The van der Waals surface area contributed by atoms with E-state index in [0.29, 0.717) is 18.7 Å². The van der Waals surface area contributed by atoms with Crippen molar-refractivity contribution in [1.29, 1.82) is 0 Å². The molecule has 0 aliphatic heterocycles. The Morgan fingerprint density at radius 3 is 2.92 bits per heavy atom. The summed E-state index contributed by atoms with van der Waals surface area (Å²) in [5.41, 5.74) is 0. The number of aromatic nitrogens is 4. The number of carboxylic acid groups (broad SMARTS) is 1. The van der Waals surface area contributed by atoms with Crippen LogP contribution in [0.3, 0.4) is 0 Å². The average molecular weight is 184 g/mol. The van der Waals surface area contributed by atoms with Crippen LogP contribution in [-0.4, -0.2) is 31.7 Å². The summed E-state index contributed by atoms with van der Waals surface area (Å²) >= 11 is 0. The number of carboxylic acids is 1. The van der Waals surface area contributed by atoms with Crippen molar-refractivity contribution in [3.63, 3.8) is 0 Å². The largest absolute Gasteiger partial charge is 0.481 e. The Morgan fingerprint density at radius 2 is 2.46 bits per heavy atom. The summed E-state index contributed by atoms with van der Waals surface area (Å²) in [6.45, 7) is 1.95. The highest BCUT2D eigenvalue weighted by Crippen LogP contribution is 2.10. The van der Waals surface area contributed by atoms with Gasteiger partial charge in [-0.1, -0.05) is 18.6 Å². The van der Waals surface area contributed by atoms with Crippen molar-refractivity contribution in [2.45, 2.75) is 26.2 Å². The maximum atomic E-state index is 10.7. The first kappa shape index (κ1) is 9.63. The van der Waals surface area contributed by atoms with Crippen molar-refractivity contribution in [3.05, 3.63) is 5.82 Å². The lowest BCUT2D eigenvalue weighted by Crippen LogP contribution is -2.16. The van der Waals surface area contributed by atoms with Crippen LogP contribution in [0, 0.1) is 5.92 Å². The number of H-pyrrole nitrogens is 1. The van der Waals surface area contributed by atoms with Crippen LogP contribution in [0.15, 0.2) is 0 Å². The molecule has 0 amide bonds. The molecule has 1 heterocycles. The van der Waals surface area contributed by atoms with Gasteiger partial charge in [-0.15, -0.1) is 10.2 Å². The van der Waals surface area contributed by atoms with Gasteiger partial charge in [0.1, 0.15) is 0 Å². The minimum atomic E-state index is -0.799. The Kier molecular flexibility index (Phi) is 3.36. The summed E-state index contributed by atoms with van der Waals surface area (Å²) in [6, 6.07) is 0. The van der Waals surface area contributed by atoms with Gasteiger partial charge in [0.05, 0.1) is 5.92 Å². The van der Waals surface area contributed by atoms with Crippen LogP contribution >= 0.6 is 0 Å². The second-order valence-corrected chi connectivity index (χ2v) is 2.86. The normalized spacial score (nSPS) is 12.7. The van der Waals surface area contributed by atoms with Crippen molar-refractivity contribution >= 4 is 5.97 Å². The van der Waals surface area contributed by atoms with Crippen LogP contribution in [0.25, 0.3) is 0 Å². The Hall–Kier alpha value is -1.46. The van der Waals surface area contributed by atoms with E-state index in [1.165, 1.54) is 0 Å². The molecule has 1 aromatic rings. The average Bonchev–Trinajstić information content (AvgIpc) is 2.56. The monoisotopic (exact) mass is 184 g/mol. The van der Waals surface area contributed by atoms with Gasteiger partial charge in [-0.25, -0.2) is 0 Å². The van der Waals surface area contributed by atoms with E-state index < -0.39 is 11.9 Å². The van der Waals surface area contributed by atoms with Gasteiger partial charge in [0.2, 0.25) is 0 Å². The molecule has 13 heavy (non-hydrogen) atoms. The summed E-state index contributed by atoms with van der Waals surface area (Å²) in [7, 11) is 0. The predicted octanol–water partition coefficient (Wildman–Crippen LogP) is 0.243. The van der Waals surface area contributed by atoms with E-state index in [4.69, 9.17) is 5.11 Å². The SMILES string of the molecule is CCCC(Cc1nn[nH]n1)C(=O)O. The first-order chi connectivity index (χ1) is 6.24. The van der Waals surface area contributed by atoms with Crippen LogP contribution in [0.1, 0.15) is 25.6 Å². The van der Waals surface area contributed by atoms with Gasteiger partial charge in [0.25, 0.3) is 0 Å². The van der Waals surface area contributed by atoms with E-state index >= 15 is 0 Å². The number of hydrogen-bond acceptors (Lipinski definition) is 4. The lowest BCUT2D eigenvalue weighted by Gasteiger charge is -2.06. The molecule has 0 aliphatic rings. The summed E-state index contributed by atoms with van der Waals surface area (Å²) < 4.78 is 0. The van der Waals surface area contributed by atoms with Crippen LogP contribution in [0.5, 0.6) is 0 Å². The molecule has 0 fully saturated rings. The number of aromatic amines is 1. The van der Waals surface area contributed by atoms with Crippen LogP contribution in [0.2, 0.25) is 0 Å². The van der Waals surface area contributed by atoms with E-state index in [1.807, 2.05) is 6.92 Å². The molecule has 6 nitrogen and oxygen atoms in total. The lowest BCUT2D eigenvalue weighted by atomic mass is 10.00. The van der Waals surface area contributed by atoms with Gasteiger partial charge < -0.3 is 5.11 Å². The van der Waals surface area contributed by atoms with E-state index in [-0.39, 0.29) is 0 Å². The molecule has 0 aliphatic carbocycles. The highest BCUT2D eigenvalue weighted by atomic mass is 16.4. The third-order valence-corrected chi connectivity index (χ3v) is 1.80. The van der Waals surface area contributed by atoms with Gasteiger partial charge in [-0.2, -0.15) is 5.21 Å². The number of tetrazole rings is 1. The molecule has 2 N–H and O–H groups in total. The Labute approximate surface area is 75.4 Å². The summed E-state index contributed by atoms with van der Waals surface area (Å²) in [5.74, 6) is -0.741. The molecule has 0 spiro atoms. The smallest absolute Gasteiger partial charge is 0.306 e.